The Balaban J connectivity index is 1.54. The highest BCUT2D eigenvalue weighted by atomic mass is 19.1. The predicted octanol–water partition coefficient (Wildman–Crippen LogP) is 5.04. The summed E-state index contributed by atoms with van der Waals surface area (Å²) in [5, 5.41) is 8.60. The largest absolute Gasteiger partial charge is 0.325 e. The second-order valence-electron chi connectivity index (χ2n) is 8.51. The van der Waals surface area contributed by atoms with Crippen molar-refractivity contribution in [1.82, 2.24) is 19.6 Å². The molecule has 3 heterocycles. The zero-order chi connectivity index (χ0) is 21.0. The molecule has 0 saturated heterocycles. The van der Waals surface area contributed by atoms with E-state index in [1.165, 1.54) is 24.5 Å². The molecule has 0 bridgehead atoms. The molecule has 1 aliphatic carbocycles. The van der Waals surface area contributed by atoms with Crippen molar-refractivity contribution in [3.8, 4) is 11.8 Å². The second kappa shape index (κ2) is 6.78. The van der Waals surface area contributed by atoms with Crippen molar-refractivity contribution in [3.05, 3.63) is 59.7 Å². The average Bonchev–Trinajstić information content (AvgIpc) is 3.43. The standard InChI is InChI=1S/C25H22FN5/c1-2-25(13-14-25)12-11-17-6-3-9-20-18(17)7-5-15-30(20)23-22-19(26)8-4-10-21(22)31-16-27-29-24(31)28-23/h3-4,6,8-10,16H,2,5,7,13-15H2,1H3. The molecule has 0 spiro atoms. The third-order valence-corrected chi connectivity index (χ3v) is 6.71. The molecule has 2 aliphatic rings. The van der Waals surface area contributed by atoms with Crippen LogP contribution in [-0.2, 0) is 6.42 Å². The Bertz CT molecular complexity index is 1390. The van der Waals surface area contributed by atoms with E-state index in [1.807, 2.05) is 12.1 Å². The molecule has 6 rings (SSSR count). The molecular formula is C25H22FN5. The zero-order valence-corrected chi connectivity index (χ0v) is 17.4. The van der Waals surface area contributed by atoms with Gasteiger partial charge in [-0.2, -0.15) is 4.98 Å². The van der Waals surface area contributed by atoms with E-state index in [9.17, 15) is 0 Å². The minimum atomic E-state index is -0.294. The quantitative estimate of drug-likeness (QED) is 0.434. The summed E-state index contributed by atoms with van der Waals surface area (Å²) in [5.41, 5.74) is 4.29. The number of nitrogens with zero attached hydrogens (tertiary/aromatic N) is 5. The van der Waals surface area contributed by atoms with Crippen LogP contribution in [0.15, 0.2) is 42.7 Å². The third-order valence-electron chi connectivity index (χ3n) is 6.71. The lowest BCUT2D eigenvalue weighted by Crippen LogP contribution is -2.26. The summed E-state index contributed by atoms with van der Waals surface area (Å²) in [6.45, 7) is 2.99. The number of halogens is 1. The topological polar surface area (TPSA) is 46.3 Å². The van der Waals surface area contributed by atoms with Gasteiger partial charge in [-0.3, -0.25) is 4.40 Å². The summed E-state index contributed by atoms with van der Waals surface area (Å²) in [6, 6.07) is 11.3. The van der Waals surface area contributed by atoms with E-state index in [0.717, 1.165) is 37.1 Å². The summed E-state index contributed by atoms with van der Waals surface area (Å²) >= 11 is 0. The van der Waals surface area contributed by atoms with Gasteiger partial charge in [0.1, 0.15) is 18.0 Å². The van der Waals surface area contributed by atoms with Crippen LogP contribution in [0.3, 0.4) is 0 Å². The maximum absolute atomic E-state index is 15.0. The molecular weight excluding hydrogens is 389 g/mol. The second-order valence-corrected chi connectivity index (χ2v) is 8.51. The molecule has 0 radical (unpaired) electrons. The molecule has 0 unspecified atom stereocenters. The number of hydrogen-bond donors (Lipinski definition) is 0. The van der Waals surface area contributed by atoms with Crippen LogP contribution < -0.4 is 4.90 Å². The van der Waals surface area contributed by atoms with Gasteiger partial charge in [-0.05, 0) is 61.9 Å². The molecule has 0 atom stereocenters. The minimum absolute atomic E-state index is 0.219. The monoisotopic (exact) mass is 411 g/mol. The molecule has 1 saturated carbocycles. The number of rotatable bonds is 2. The van der Waals surface area contributed by atoms with Crippen LogP contribution in [0.1, 0.15) is 43.7 Å². The minimum Gasteiger partial charge on any atom is -0.325 e. The van der Waals surface area contributed by atoms with Crippen LogP contribution in [0.4, 0.5) is 15.9 Å². The van der Waals surface area contributed by atoms with E-state index in [2.05, 4.69) is 46.0 Å². The molecule has 31 heavy (non-hydrogen) atoms. The number of hydrogen-bond acceptors (Lipinski definition) is 4. The molecule has 1 aliphatic heterocycles. The fraction of sp³-hybridized carbons (Fsp3) is 0.320. The Morgan fingerprint density at radius 1 is 1.16 bits per heavy atom. The first kappa shape index (κ1) is 18.3. The van der Waals surface area contributed by atoms with Crippen LogP contribution in [0.5, 0.6) is 0 Å². The maximum atomic E-state index is 15.0. The van der Waals surface area contributed by atoms with E-state index >= 15 is 4.39 Å². The average molecular weight is 411 g/mol. The van der Waals surface area contributed by atoms with Crippen molar-refractivity contribution < 1.29 is 4.39 Å². The SMILES string of the molecule is CCC1(C#Cc2cccc3c2CCCN3c2nc3nncn3c3cccc(F)c23)CC1. The lowest BCUT2D eigenvalue weighted by molar-refractivity contribution is 0.638. The number of benzene rings is 2. The van der Waals surface area contributed by atoms with Gasteiger partial charge in [0.05, 0.1) is 10.9 Å². The molecule has 5 nitrogen and oxygen atoms in total. The smallest absolute Gasteiger partial charge is 0.257 e. The first-order chi connectivity index (χ1) is 15.2. The third kappa shape index (κ3) is 2.88. The molecule has 2 aromatic carbocycles. The van der Waals surface area contributed by atoms with Crippen LogP contribution in [0.2, 0.25) is 0 Å². The number of anilines is 2. The first-order valence-electron chi connectivity index (χ1n) is 10.9. The van der Waals surface area contributed by atoms with Crippen LogP contribution in [0, 0.1) is 23.1 Å². The zero-order valence-electron chi connectivity index (χ0n) is 17.4. The predicted molar refractivity (Wildman–Crippen MR) is 119 cm³/mol. The molecule has 2 aromatic heterocycles. The molecule has 154 valence electrons. The van der Waals surface area contributed by atoms with Crippen molar-refractivity contribution in [3.63, 3.8) is 0 Å². The Kier molecular flexibility index (Phi) is 4.01. The van der Waals surface area contributed by atoms with Gasteiger partial charge in [-0.25, -0.2) is 4.39 Å². The maximum Gasteiger partial charge on any atom is 0.257 e. The Morgan fingerprint density at radius 3 is 2.87 bits per heavy atom. The van der Waals surface area contributed by atoms with Gasteiger partial charge >= 0.3 is 0 Å². The summed E-state index contributed by atoms with van der Waals surface area (Å²) < 4.78 is 16.8. The first-order valence-corrected chi connectivity index (χ1v) is 10.9. The Hall–Kier alpha value is -3.46. The lowest BCUT2D eigenvalue weighted by Gasteiger charge is -2.32. The van der Waals surface area contributed by atoms with E-state index in [0.29, 0.717) is 22.5 Å². The molecule has 1 fully saturated rings. The van der Waals surface area contributed by atoms with Gasteiger partial charge in [0.2, 0.25) is 0 Å². The van der Waals surface area contributed by atoms with E-state index in [4.69, 9.17) is 4.98 Å². The normalized spacial score (nSPS) is 16.8. The fourth-order valence-corrected chi connectivity index (χ4v) is 4.64. The molecule has 0 N–H and O–H groups in total. The molecule has 4 aromatic rings. The van der Waals surface area contributed by atoms with Crippen LogP contribution in [0.25, 0.3) is 16.7 Å². The van der Waals surface area contributed by atoms with Gasteiger partial charge in [0.15, 0.2) is 0 Å². The Morgan fingerprint density at radius 2 is 2.03 bits per heavy atom. The number of fused-ring (bicyclic) bond motifs is 4. The Labute approximate surface area is 179 Å². The highest BCUT2D eigenvalue weighted by molar-refractivity contribution is 5.94. The highest BCUT2D eigenvalue weighted by Gasteiger charge is 2.38. The van der Waals surface area contributed by atoms with Crippen molar-refractivity contribution in [1.29, 1.82) is 0 Å². The van der Waals surface area contributed by atoms with Crippen molar-refractivity contribution in [2.75, 3.05) is 11.4 Å². The molecule has 0 amide bonds. The van der Waals surface area contributed by atoms with Gasteiger partial charge in [0.25, 0.3) is 5.78 Å². The summed E-state index contributed by atoms with van der Waals surface area (Å²) in [4.78, 5) is 6.85. The summed E-state index contributed by atoms with van der Waals surface area (Å²) in [6.07, 6.45) is 7.00. The highest BCUT2D eigenvalue weighted by Crippen LogP contribution is 2.48. The van der Waals surface area contributed by atoms with Gasteiger partial charge < -0.3 is 4.90 Å². The van der Waals surface area contributed by atoms with Gasteiger partial charge in [0, 0.05) is 23.2 Å². The molecule has 6 heteroatoms. The summed E-state index contributed by atoms with van der Waals surface area (Å²) in [5.74, 6) is 7.77. The van der Waals surface area contributed by atoms with Crippen molar-refractivity contribution in [2.24, 2.45) is 5.41 Å². The summed E-state index contributed by atoms with van der Waals surface area (Å²) in [7, 11) is 0. The van der Waals surface area contributed by atoms with Crippen molar-refractivity contribution in [2.45, 2.75) is 39.0 Å². The van der Waals surface area contributed by atoms with Crippen molar-refractivity contribution >= 4 is 28.2 Å². The number of aromatic nitrogens is 4. The van der Waals surface area contributed by atoms with Crippen LogP contribution in [-0.4, -0.2) is 26.1 Å². The fourth-order valence-electron chi connectivity index (χ4n) is 4.64. The van der Waals surface area contributed by atoms with Gasteiger partial charge in [-0.1, -0.05) is 30.9 Å². The van der Waals surface area contributed by atoms with Gasteiger partial charge in [-0.15, -0.1) is 10.2 Å². The van der Waals surface area contributed by atoms with Crippen LogP contribution >= 0.6 is 0 Å². The van der Waals surface area contributed by atoms with E-state index in [-0.39, 0.29) is 11.2 Å². The van der Waals surface area contributed by atoms with E-state index in [1.54, 1.807) is 16.8 Å². The lowest BCUT2D eigenvalue weighted by atomic mass is 9.95. The van der Waals surface area contributed by atoms with E-state index < -0.39 is 0 Å².